The quantitative estimate of drug-likeness (QED) is 0.779. The normalized spacial score (nSPS) is 10.5. The van der Waals surface area contributed by atoms with Gasteiger partial charge in [0, 0.05) is 28.8 Å². The summed E-state index contributed by atoms with van der Waals surface area (Å²) in [6.45, 7) is 5.06. The van der Waals surface area contributed by atoms with Crippen LogP contribution in [0.15, 0.2) is 24.3 Å². The van der Waals surface area contributed by atoms with E-state index in [-0.39, 0.29) is 5.91 Å². The van der Waals surface area contributed by atoms with Crippen LogP contribution in [0.5, 0.6) is 0 Å². The van der Waals surface area contributed by atoms with E-state index in [1.54, 1.807) is 12.1 Å². The number of rotatable bonds is 7. The number of aryl methyl sites for hydroxylation is 1. The van der Waals surface area contributed by atoms with E-state index in [4.69, 9.17) is 23.2 Å². The molecule has 1 aromatic heterocycles. The molecule has 5 nitrogen and oxygen atoms in total. The second-order valence-corrected chi connectivity index (χ2v) is 6.23. The summed E-state index contributed by atoms with van der Waals surface area (Å²) in [6, 6.07) is 7.10. The molecular weight excluding hydrogens is 347 g/mol. The van der Waals surface area contributed by atoms with Gasteiger partial charge in [-0.25, -0.2) is 9.97 Å². The van der Waals surface area contributed by atoms with Crippen molar-refractivity contribution in [1.29, 1.82) is 0 Å². The van der Waals surface area contributed by atoms with Gasteiger partial charge in [0.15, 0.2) is 0 Å². The van der Waals surface area contributed by atoms with Gasteiger partial charge in [0.25, 0.3) is 5.91 Å². The molecule has 0 radical (unpaired) electrons. The van der Waals surface area contributed by atoms with Gasteiger partial charge < -0.3 is 10.6 Å². The van der Waals surface area contributed by atoms with Crippen LogP contribution in [0.25, 0.3) is 0 Å². The molecule has 0 aliphatic heterocycles. The topological polar surface area (TPSA) is 66.9 Å². The molecule has 0 fully saturated rings. The number of hydrogen-bond donors (Lipinski definition) is 2. The molecule has 0 aliphatic carbocycles. The van der Waals surface area contributed by atoms with Crippen LogP contribution >= 0.6 is 23.2 Å². The maximum absolute atomic E-state index is 12.0. The Bertz CT molecular complexity index is 722. The smallest absolute Gasteiger partial charge is 0.270 e. The third-order valence-electron chi connectivity index (χ3n) is 3.31. The summed E-state index contributed by atoms with van der Waals surface area (Å²) in [5, 5.41) is 7.19. The van der Waals surface area contributed by atoms with E-state index in [9.17, 15) is 4.79 Å². The Morgan fingerprint density at radius 1 is 1.17 bits per heavy atom. The van der Waals surface area contributed by atoms with Gasteiger partial charge in [0.2, 0.25) is 5.95 Å². The number of carbonyl (C=O) groups is 1. The number of hydrogen-bond acceptors (Lipinski definition) is 4. The molecule has 7 heteroatoms. The predicted octanol–water partition coefficient (Wildman–Crippen LogP) is 3.89. The molecule has 1 aromatic carbocycles. The highest BCUT2D eigenvalue weighted by Crippen LogP contribution is 2.21. The van der Waals surface area contributed by atoms with Gasteiger partial charge in [-0.05, 0) is 43.5 Å². The monoisotopic (exact) mass is 366 g/mol. The summed E-state index contributed by atoms with van der Waals surface area (Å²) in [7, 11) is 0. The van der Waals surface area contributed by atoms with Crippen molar-refractivity contribution in [2.45, 2.75) is 26.7 Å². The van der Waals surface area contributed by atoms with E-state index in [2.05, 4.69) is 20.6 Å². The fourth-order valence-corrected chi connectivity index (χ4v) is 2.63. The first-order valence-corrected chi connectivity index (χ1v) is 8.57. The van der Waals surface area contributed by atoms with Crippen LogP contribution in [0.3, 0.4) is 0 Å². The predicted molar refractivity (Wildman–Crippen MR) is 98.0 cm³/mol. The number of amides is 1. The largest absolute Gasteiger partial charge is 0.354 e. The zero-order chi connectivity index (χ0) is 17.5. The van der Waals surface area contributed by atoms with Crippen molar-refractivity contribution in [1.82, 2.24) is 15.3 Å². The Morgan fingerprint density at radius 2 is 1.96 bits per heavy atom. The van der Waals surface area contributed by atoms with Gasteiger partial charge in [-0.1, -0.05) is 36.2 Å². The Balaban J connectivity index is 1.99. The fourth-order valence-electron chi connectivity index (χ4n) is 2.13. The highest BCUT2D eigenvalue weighted by molar-refractivity contribution is 6.35. The molecule has 2 N–H and O–H groups in total. The van der Waals surface area contributed by atoms with Crippen molar-refractivity contribution in [3.8, 4) is 0 Å². The fraction of sp³-hybridized carbons (Fsp3) is 0.353. The molecule has 0 bridgehead atoms. The van der Waals surface area contributed by atoms with Gasteiger partial charge in [0.05, 0.1) is 0 Å². The van der Waals surface area contributed by atoms with Crippen LogP contribution in [0.1, 0.15) is 35.1 Å². The molecule has 1 heterocycles. The minimum Gasteiger partial charge on any atom is -0.354 e. The number of nitrogens with zero attached hydrogens (tertiary/aromatic N) is 2. The summed E-state index contributed by atoms with van der Waals surface area (Å²) in [4.78, 5) is 20.6. The third kappa shape index (κ3) is 5.35. The molecule has 24 heavy (non-hydrogen) atoms. The van der Waals surface area contributed by atoms with Crippen LogP contribution in [0.4, 0.5) is 5.95 Å². The second-order valence-electron chi connectivity index (χ2n) is 5.39. The molecular formula is C17H20Cl2N4O. The number of aromatic nitrogens is 2. The summed E-state index contributed by atoms with van der Waals surface area (Å²) >= 11 is 12.0. The van der Waals surface area contributed by atoms with Crippen LogP contribution in [-0.2, 0) is 6.42 Å². The van der Waals surface area contributed by atoms with Gasteiger partial charge in [-0.3, -0.25) is 4.79 Å². The molecule has 0 unspecified atom stereocenters. The average molecular weight is 367 g/mol. The van der Waals surface area contributed by atoms with Crippen molar-refractivity contribution in [2.24, 2.45) is 0 Å². The van der Waals surface area contributed by atoms with Crippen molar-refractivity contribution in [2.75, 3.05) is 18.4 Å². The van der Waals surface area contributed by atoms with Crippen LogP contribution in [0.2, 0.25) is 10.0 Å². The zero-order valence-corrected chi connectivity index (χ0v) is 15.2. The lowest BCUT2D eigenvalue weighted by atomic mass is 10.1. The maximum Gasteiger partial charge on any atom is 0.270 e. The molecule has 1 amide bonds. The van der Waals surface area contributed by atoms with Crippen molar-refractivity contribution < 1.29 is 4.79 Å². The van der Waals surface area contributed by atoms with Crippen molar-refractivity contribution >= 4 is 35.1 Å². The van der Waals surface area contributed by atoms with Gasteiger partial charge in [0.1, 0.15) is 5.69 Å². The zero-order valence-electron chi connectivity index (χ0n) is 13.7. The van der Waals surface area contributed by atoms with Gasteiger partial charge in [-0.2, -0.15) is 0 Å². The van der Waals surface area contributed by atoms with E-state index >= 15 is 0 Å². The van der Waals surface area contributed by atoms with Gasteiger partial charge in [-0.15, -0.1) is 0 Å². The Hall–Kier alpha value is -1.85. The summed E-state index contributed by atoms with van der Waals surface area (Å²) in [6.07, 6.45) is 1.58. The lowest BCUT2D eigenvalue weighted by Gasteiger charge is -2.09. The van der Waals surface area contributed by atoms with E-state index in [1.807, 2.05) is 26.0 Å². The Labute approximate surface area is 151 Å². The van der Waals surface area contributed by atoms with E-state index in [1.165, 1.54) is 0 Å². The Morgan fingerprint density at radius 3 is 2.67 bits per heavy atom. The summed E-state index contributed by atoms with van der Waals surface area (Å²) in [5.41, 5.74) is 2.09. The second kappa shape index (κ2) is 8.85. The molecule has 2 aromatic rings. The van der Waals surface area contributed by atoms with E-state index < -0.39 is 0 Å². The minimum atomic E-state index is -0.189. The molecule has 0 spiro atoms. The number of benzene rings is 1. The van der Waals surface area contributed by atoms with Crippen molar-refractivity contribution in [3.63, 3.8) is 0 Å². The first kappa shape index (κ1) is 18.5. The van der Waals surface area contributed by atoms with Crippen LogP contribution < -0.4 is 10.6 Å². The highest BCUT2D eigenvalue weighted by atomic mass is 35.5. The minimum absolute atomic E-state index is 0.189. The molecule has 0 aliphatic rings. The first-order chi connectivity index (χ1) is 11.5. The lowest BCUT2D eigenvalue weighted by Crippen LogP contribution is -2.25. The molecule has 0 saturated heterocycles. The molecule has 0 atom stereocenters. The standard InChI is InChI=1S/C17H20Cl2N4O/c1-3-7-20-16(24)15-9-11(2)22-17(23-15)21-8-6-12-4-5-13(18)10-14(12)19/h4-5,9-10H,3,6-8H2,1-2H3,(H,20,24)(H,21,22,23). The average Bonchev–Trinajstić information content (AvgIpc) is 2.54. The SMILES string of the molecule is CCCNC(=O)c1cc(C)nc(NCCc2ccc(Cl)cc2Cl)n1. The lowest BCUT2D eigenvalue weighted by molar-refractivity contribution is 0.0948. The number of halogens is 2. The molecule has 128 valence electrons. The molecule has 0 saturated carbocycles. The van der Waals surface area contributed by atoms with Crippen molar-refractivity contribution in [3.05, 3.63) is 51.3 Å². The summed E-state index contributed by atoms with van der Waals surface area (Å²) < 4.78 is 0. The van der Waals surface area contributed by atoms with Crippen LogP contribution in [0, 0.1) is 6.92 Å². The molecule has 2 rings (SSSR count). The van der Waals surface area contributed by atoms with Crippen LogP contribution in [-0.4, -0.2) is 29.0 Å². The summed E-state index contributed by atoms with van der Waals surface area (Å²) in [5.74, 6) is 0.243. The van der Waals surface area contributed by atoms with E-state index in [0.29, 0.717) is 41.2 Å². The number of anilines is 1. The van der Waals surface area contributed by atoms with Gasteiger partial charge >= 0.3 is 0 Å². The van der Waals surface area contributed by atoms with E-state index in [0.717, 1.165) is 17.7 Å². The number of carbonyl (C=O) groups excluding carboxylic acids is 1. The maximum atomic E-state index is 12.0. The Kier molecular flexibility index (Phi) is 6.82. The number of nitrogens with one attached hydrogen (secondary N) is 2. The first-order valence-electron chi connectivity index (χ1n) is 7.81. The highest BCUT2D eigenvalue weighted by Gasteiger charge is 2.10. The third-order valence-corrected chi connectivity index (χ3v) is 3.90.